The van der Waals surface area contributed by atoms with Crippen molar-refractivity contribution >= 4 is 59.4 Å². The molecule has 0 spiro atoms. The van der Waals surface area contributed by atoms with Gasteiger partial charge in [0.1, 0.15) is 18.8 Å². The van der Waals surface area contributed by atoms with E-state index < -0.39 is 25.4 Å². The lowest BCUT2D eigenvalue weighted by Gasteiger charge is -2.09. The van der Waals surface area contributed by atoms with Crippen LogP contribution in [-0.4, -0.2) is 41.9 Å². The van der Waals surface area contributed by atoms with E-state index in [0.29, 0.717) is 9.36 Å². The van der Waals surface area contributed by atoms with Gasteiger partial charge in [-0.2, -0.15) is 36.3 Å². The number of para-hydroxylation sites is 1. The zero-order valence-corrected chi connectivity index (χ0v) is 20.1. The summed E-state index contributed by atoms with van der Waals surface area (Å²) in [5.41, 5.74) is 0. The third-order valence-corrected chi connectivity index (χ3v) is 4.48. The number of ether oxygens (including phenoxy) is 1. The molecule has 0 saturated heterocycles. The third kappa shape index (κ3) is 8.94. The molecule has 0 fully saturated rings. The number of nitrogens with zero attached hydrogens (tertiary/aromatic N) is 6. The van der Waals surface area contributed by atoms with Crippen molar-refractivity contribution in [3.8, 4) is 11.8 Å². The van der Waals surface area contributed by atoms with Crippen molar-refractivity contribution in [1.29, 1.82) is 0 Å². The van der Waals surface area contributed by atoms with Gasteiger partial charge in [-0.1, -0.05) is 23.7 Å². The van der Waals surface area contributed by atoms with E-state index in [1.165, 1.54) is 6.07 Å². The first-order valence-corrected chi connectivity index (χ1v) is 10.4. The number of hydrogen-bond acceptors (Lipinski definition) is 5. The minimum absolute atomic E-state index is 0.00111. The molecule has 0 aliphatic rings. The smallest absolute Gasteiger partial charge is 0.408 e. The van der Waals surface area contributed by atoms with E-state index >= 15 is 0 Å². The van der Waals surface area contributed by atoms with Crippen LogP contribution in [0.25, 0.3) is 0 Å². The summed E-state index contributed by atoms with van der Waals surface area (Å²) in [6.07, 6.45) is -8.71. The van der Waals surface area contributed by atoms with E-state index in [1.54, 1.807) is 18.2 Å². The number of benzene rings is 1. The fraction of sp³-hybridized carbons (Fsp3) is 0.286. The molecule has 0 saturated carbocycles. The van der Waals surface area contributed by atoms with Crippen LogP contribution in [0.5, 0.6) is 11.8 Å². The maximum Gasteiger partial charge on any atom is 0.408 e. The summed E-state index contributed by atoms with van der Waals surface area (Å²) in [6.45, 7) is -2.45. The molecule has 31 heavy (non-hydrogen) atoms. The highest BCUT2D eigenvalue weighted by molar-refractivity contribution is 9.11. The first kappa shape index (κ1) is 25.9. The molecule has 170 valence electrons. The standard InChI is InChI=1S/C10H6BrClF3N3O.C4H2Br2F3N3/c11-8-16-9(18(17-8)5-10(13,14)15)19-7-4-2-1-3-6(7)12;5-2-10-3(6)12(11-2)1-4(7,8)9/h1-4H,5H2;1H2. The Kier molecular flexibility index (Phi) is 8.75. The Labute approximate surface area is 200 Å². The first-order chi connectivity index (χ1) is 14.2. The van der Waals surface area contributed by atoms with Gasteiger partial charge in [0.15, 0.2) is 4.73 Å². The Morgan fingerprint density at radius 1 is 0.839 bits per heavy atom. The van der Waals surface area contributed by atoms with Crippen molar-refractivity contribution < 1.29 is 31.1 Å². The highest BCUT2D eigenvalue weighted by Crippen LogP contribution is 2.30. The van der Waals surface area contributed by atoms with E-state index in [9.17, 15) is 26.3 Å². The number of alkyl halides is 6. The van der Waals surface area contributed by atoms with Gasteiger partial charge in [0.05, 0.1) is 5.02 Å². The predicted molar refractivity (Wildman–Crippen MR) is 107 cm³/mol. The molecule has 0 atom stereocenters. The number of hydrogen-bond donors (Lipinski definition) is 0. The summed E-state index contributed by atoms with van der Waals surface area (Å²) in [7, 11) is 0. The summed E-state index contributed by atoms with van der Waals surface area (Å²) in [4.78, 5) is 7.30. The molecule has 0 aliphatic carbocycles. The fourth-order valence-electron chi connectivity index (χ4n) is 1.84. The highest BCUT2D eigenvalue weighted by Gasteiger charge is 2.31. The molecule has 2 aromatic heterocycles. The Morgan fingerprint density at radius 3 is 1.87 bits per heavy atom. The zero-order chi connectivity index (χ0) is 23.4. The van der Waals surface area contributed by atoms with Crippen molar-refractivity contribution in [2.24, 2.45) is 0 Å². The Bertz CT molecular complexity index is 1020. The van der Waals surface area contributed by atoms with Crippen LogP contribution in [0.1, 0.15) is 0 Å². The van der Waals surface area contributed by atoms with E-state index in [1.807, 2.05) is 0 Å². The second-order valence-electron chi connectivity index (χ2n) is 5.39. The second-order valence-corrected chi connectivity index (χ2v) is 7.93. The van der Waals surface area contributed by atoms with Gasteiger partial charge >= 0.3 is 18.4 Å². The maximum absolute atomic E-state index is 12.4. The SMILES string of the molecule is FC(F)(F)Cn1nc(Br)nc1Br.FC(F)(F)Cn1nc(Br)nc1Oc1ccccc1Cl. The van der Waals surface area contributed by atoms with Crippen LogP contribution in [-0.2, 0) is 13.1 Å². The summed E-state index contributed by atoms with van der Waals surface area (Å²) in [5.74, 6) is 0.201. The molecule has 0 amide bonds. The van der Waals surface area contributed by atoms with Gasteiger partial charge in [0.2, 0.25) is 9.47 Å². The molecule has 0 unspecified atom stereocenters. The van der Waals surface area contributed by atoms with Crippen LogP contribution in [0.3, 0.4) is 0 Å². The summed E-state index contributed by atoms with van der Waals surface area (Å²) < 4.78 is 79.2. The van der Waals surface area contributed by atoms with Crippen molar-refractivity contribution in [3.63, 3.8) is 0 Å². The molecular weight excluding hydrogens is 657 g/mol. The summed E-state index contributed by atoms with van der Waals surface area (Å²) in [6, 6.07) is 6.09. The topological polar surface area (TPSA) is 70.7 Å². The molecule has 0 N–H and O–H groups in total. The van der Waals surface area contributed by atoms with Crippen LogP contribution in [0.4, 0.5) is 26.3 Å². The van der Waals surface area contributed by atoms with E-state index in [-0.39, 0.29) is 31.0 Å². The Balaban J connectivity index is 0.000000245. The molecule has 0 radical (unpaired) electrons. The summed E-state index contributed by atoms with van der Waals surface area (Å²) in [5, 5.41) is 7.27. The minimum atomic E-state index is -4.42. The average Bonchev–Trinajstić information content (AvgIpc) is 3.08. The molecule has 3 aromatic rings. The van der Waals surface area contributed by atoms with Crippen molar-refractivity contribution in [2.75, 3.05) is 0 Å². The number of aromatic nitrogens is 6. The minimum Gasteiger partial charge on any atom is -0.423 e. The van der Waals surface area contributed by atoms with E-state index in [2.05, 4.69) is 68.0 Å². The van der Waals surface area contributed by atoms with Crippen molar-refractivity contribution in [1.82, 2.24) is 29.5 Å². The van der Waals surface area contributed by atoms with Gasteiger partial charge in [-0.25, -0.2) is 9.36 Å². The maximum atomic E-state index is 12.4. The lowest BCUT2D eigenvalue weighted by Crippen LogP contribution is -2.19. The van der Waals surface area contributed by atoms with E-state index in [0.717, 1.165) is 0 Å². The van der Waals surface area contributed by atoms with Crippen molar-refractivity contribution in [2.45, 2.75) is 25.4 Å². The quantitative estimate of drug-likeness (QED) is 0.302. The molecule has 17 heteroatoms. The van der Waals surface area contributed by atoms with Crippen LogP contribution in [0, 0.1) is 0 Å². The number of rotatable bonds is 4. The third-order valence-electron chi connectivity index (χ3n) is 2.91. The monoisotopic (exact) mass is 662 g/mol. The van der Waals surface area contributed by atoms with Gasteiger partial charge in [0, 0.05) is 0 Å². The second kappa shape index (κ2) is 10.5. The molecule has 1 aromatic carbocycles. The molecular formula is C14H8Br3ClF6N6O. The lowest BCUT2D eigenvalue weighted by molar-refractivity contribution is -0.144. The molecule has 2 heterocycles. The van der Waals surface area contributed by atoms with Crippen LogP contribution in [0.2, 0.25) is 5.02 Å². The normalized spacial score (nSPS) is 11.8. The highest BCUT2D eigenvalue weighted by atomic mass is 79.9. The van der Waals surface area contributed by atoms with Crippen molar-refractivity contribution in [3.05, 3.63) is 43.5 Å². The van der Waals surface area contributed by atoms with Crippen LogP contribution in [0.15, 0.2) is 38.5 Å². The molecule has 0 bridgehead atoms. The van der Waals surface area contributed by atoms with E-state index in [4.69, 9.17) is 16.3 Å². The zero-order valence-electron chi connectivity index (χ0n) is 14.6. The lowest BCUT2D eigenvalue weighted by atomic mass is 10.3. The van der Waals surface area contributed by atoms with Gasteiger partial charge in [-0.05, 0) is 59.9 Å². The summed E-state index contributed by atoms with van der Waals surface area (Å²) >= 11 is 14.4. The molecule has 0 aliphatic heterocycles. The Morgan fingerprint density at radius 2 is 1.35 bits per heavy atom. The Hall–Kier alpha value is -1.39. The number of halogens is 10. The fourth-order valence-corrected chi connectivity index (χ4v) is 3.33. The van der Waals surface area contributed by atoms with Crippen LogP contribution >= 0.6 is 59.4 Å². The first-order valence-electron chi connectivity index (χ1n) is 7.65. The van der Waals surface area contributed by atoms with Crippen LogP contribution < -0.4 is 4.74 Å². The largest absolute Gasteiger partial charge is 0.423 e. The van der Waals surface area contributed by atoms with Gasteiger partial charge in [0.25, 0.3) is 0 Å². The van der Waals surface area contributed by atoms with Gasteiger partial charge in [-0.15, -0.1) is 10.2 Å². The average molecular weight is 665 g/mol. The van der Waals surface area contributed by atoms with Gasteiger partial charge in [-0.3, -0.25) is 0 Å². The predicted octanol–water partition coefficient (Wildman–Crippen LogP) is 6.41. The molecule has 7 nitrogen and oxygen atoms in total. The van der Waals surface area contributed by atoms with Gasteiger partial charge < -0.3 is 4.74 Å². The molecule has 3 rings (SSSR count).